The van der Waals surface area contributed by atoms with E-state index in [2.05, 4.69) is 9.80 Å². The topological polar surface area (TPSA) is 62.2 Å². The molecule has 27 heavy (non-hydrogen) atoms. The number of phenolic OH excluding ortho intramolecular Hbond substituents is 1. The van der Waals surface area contributed by atoms with Crippen LogP contribution >= 0.6 is 0 Å². The van der Waals surface area contributed by atoms with E-state index in [0.29, 0.717) is 25.3 Å². The first-order valence-corrected chi connectivity index (χ1v) is 9.69. The number of methoxy groups -OCH3 is 1. The predicted molar refractivity (Wildman–Crippen MR) is 96.8 cm³/mol. The molecule has 1 amide bonds. The summed E-state index contributed by atoms with van der Waals surface area (Å²) in [6, 6.07) is 4.85. The van der Waals surface area contributed by atoms with E-state index < -0.39 is 5.82 Å². The van der Waals surface area contributed by atoms with Crippen molar-refractivity contribution in [3.8, 4) is 5.75 Å². The maximum absolute atomic E-state index is 13.5. The van der Waals surface area contributed by atoms with Crippen LogP contribution in [0.2, 0.25) is 0 Å². The zero-order chi connectivity index (χ0) is 19.0. The van der Waals surface area contributed by atoms with Crippen LogP contribution in [0.4, 0.5) is 4.39 Å². The zero-order valence-corrected chi connectivity index (χ0v) is 15.7. The number of phenols is 1. The highest BCUT2D eigenvalue weighted by molar-refractivity contribution is 5.90. The number of amides is 1. The summed E-state index contributed by atoms with van der Waals surface area (Å²) in [5.41, 5.74) is 0.395. The molecule has 1 aromatic rings. The molecule has 3 fully saturated rings. The van der Waals surface area contributed by atoms with Crippen molar-refractivity contribution in [1.29, 1.82) is 0 Å². The molecule has 1 aromatic carbocycles. The summed E-state index contributed by atoms with van der Waals surface area (Å²) >= 11 is 0. The van der Waals surface area contributed by atoms with Gasteiger partial charge in [0.2, 0.25) is 0 Å². The SMILES string of the molecule is COC1C(=O)N(C2CCN(Cc3cccc(F)c3O)CC2)C12CCOCC2. The molecule has 0 aliphatic carbocycles. The Labute approximate surface area is 158 Å². The molecule has 1 spiro atoms. The lowest BCUT2D eigenvalue weighted by atomic mass is 9.72. The number of benzene rings is 1. The minimum absolute atomic E-state index is 0.0978. The minimum atomic E-state index is -0.583. The van der Waals surface area contributed by atoms with Crippen molar-refractivity contribution in [3.05, 3.63) is 29.6 Å². The van der Waals surface area contributed by atoms with E-state index >= 15 is 0 Å². The van der Waals surface area contributed by atoms with Gasteiger partial charge in [-0.05, 0) is 31.7 Å². The van der Waals surface area contributed by atoms with Crippen molar-refractivity contribution in [2.45, 2.75) is 49.9 Å². The van der Waals surface area contributed by atoms with Crippen LogP contribution in [0.15, 0.2) is 18.2 Å². The first-order valence-electron chi connectivity index (χ1n) is 9.69. The summed E-state index contributed by atoms with van der Waals surface area (Å²) in [6.45, 7) is 3.48. The molecule has 1 unspecified atom stereocenters. The molecule has 1 atom stereocenters. The number of carbonyl (C=O) groups is 1. The Morgan fingerprint density at radius 1 is 1.30 bits per heavy atom. The van der Waals surface area contributed by atoms with Crippen LogP contribution in [0, 0.1) is 5.82 Å². The largest absolute Gasteiger partial charge is 0.505 e. The third-order valence-corrected chi connectivity index (χ3v) is 6.41. The summed E-state index contributed by atoms with van der Waals surface area (Å²) in [5.74, 6) is -0.747. The van der Waals surface area contributed by atoms with Crippen molar-refractivity contribution in [3.63, 3.8) is 0 Å². The Morgan fingerprint density at radius 3 is 2.67 bits per heavy atom. The maximum Gasteiger partial charge on any atom is 0.254 e. The molecular formula is C20H27FN2O4. The molecule has 0 aromatic heterocycles. The van der Waals surface area contributed by atoms with Gasteiger partial charge in [0.05, 0.1) is 5.54 Å². The van der Waals surface area contributed by atoms with E-state index in [9.17, 15) is 14.3 Å². The van der Waals surface area contributed by atoms with Crippen LogP contribution in [0.5, 0.6) is 5.75 Å². The van der Waals surface area contributed by atoms with Crippen molar-refractivity contribution in [2.75, 3.05) is 33.4 Å². The van der Waals surface area contributed by atoms with Gasteiger partial charge in [-0.2, -0.15) is 0 Å². The van der Waals surface area contributed by atoms with Crippen molar-refractivity contribution in [2.24, 2.45) is 0 Å². The molecular weight excluding hydrogens is 351 g/mol. The number of hydrogen-bond acceptors (Lipinski definition) is 5. The molecule has 3 heterocycles. The number of halogens is 1. The van der Waals surface area contributed by atoms with Crippen molar-refractivity contribution < 1.29 is 23.8 Å². The summed E-state index contributed by atoms with van der Waals surface area (Å²) in [4.78, 5) is 17.0. The van der Waals surface area contributed by atoms with E-state index in [1.165, 1.54) is 6.07 Å². The molecule has 148 valence electrons. The molecule has 4 rings (SSSR count). The summed E-state index contributed by atoms with van der Waals surface area (Å²) in [6.07, 6.45) is 3.06. The fourth-order valence-corrected chi connectivity index (χ4v) is 4.99. The number of ether oxygens (including phenoxy) is 2. The molecule has 0 radical (unpaired) electrons. The van der Waals surface area contributed by atoms with Gasteiger partial charge in [-0.1, -0.05) is 12.1 Å². The fraction of sp³-hybridized carbons (Fsp3) is 0.650. The van der Waals surface area contributed by atoms with Gasteiger partial charge < -0.3 is 19.5 Å². The predicted octanol–water partition coefficient (Wildman–Crippen LogP) is 1.90. The molecule has 3 saturated heterocycles. The van der Waals surface area contributed by atoms with Gasteiger partial charge in [-0.3, -0.25) is 9.69 Å². The fourth-order valence-electron chi connectivity index (χ4n) is 4.99. The van der Waals surface area contributed by atoms with Gasteiger partial charge in [0, 0.05) is 51.6 Å². The van der Waals surface area contributed by atoms with Gasteiger partial charge in [0.1, 0.15) is 0 Å². The Kier molecular flexibility index (Phi) is 5.09. The molecule has 0 saturated carbocycles. The van der Waals surface area contributed by atoms with Gasteiger partial charge >= 0.3 is 0 Å². The molecule has 7 heteroatoms. The Balaban J connectivity index is 1.40. The smallest absolute Gasteiger partial charge is 0.254 e. The number of hydrogen-bond donors (Lipinski definition) is 1. The van der Waals surface area contributed by atoms with E-state index in [1.807, 2.05) is 0 Å². The molecule has 1 N–H and O–H groups in total. The second-order valence-corrected chi connectivity index (χ2v) is 7.79. The Hall–Kier alpha value is -1.70. The van der Waals surface area contributed by atoms with E-state index in [-0.39, 0.29) is 29.3 Å². The molecule has 0 bridgehead atoms. The second-order valence-electron chi connectivity index (χ2n) is 7.79. The van der Waals surface area contributed by atoms with Gasteiger partial charge in [0.25, 0.3) is 5.91 Å². The maximum atomic E-state index is 13.5. The summed E-state index contributed by atoms with van der Waals surface area (Å²) in [5, 5.41) is 9.89. The normalized spacial score (nSPS) is 26.4. The van der Waals surface area contributed by atoms with E-state index in [4.69, 9.17) is 9.47 Å². The first-order chi connectivity index (χ1) is 13.1. The number of carbonyl (C=O) groups excluding carboxylic acids is 1. The van der Waals surface area contributed by atoms with Crippen LogP contribution < -0.4 is 0 Å². The number of aromatic hydroxyl groups is 1. The number of likely N-dealkylation sites (tertiary alicyclic amines) is 2. The zero-order valence-electron chi connectivity index (χ0n) is 15.7. The van der Waals surface area contributed by atoms with E-state index in [1.54, 1.807) is 19.2 Å². The third-order valence-electron chi connectivity index (χ3n) is 6.41. The molecule has 3 aliphatic heterocycles. The van der Waals surface area contributed by atoms with Gasteiger partial charge in [-0.25, -0.2) is 4.39 Å². The van der Waals surface area contributed by atoms with Crippen molar-refractivity contribution >= 4 is 5.91 Å². The quantitative estimate of drug-likeness (QED) is 0.811. The average Bonchev–Trinajstić information content (AvgIpc) is 2.68. The Morgan fingerprint density at radius 2 is 2.00 bits per heavy atom. The minimum Gasteiger partial charge on any atom is -0.505 e. The summed E-state index contributed by atoms with van der Waals surface area (Å²) in [7, 11) is 1.62. The van der Waals surface area contributed by atoms with Crippen LogP contribution in [-0.2, 0) is 20.8 Å². The standard InChI is InChI=1S/C20H27FN2O4/c1-26-18-19(25)23(20(18)7-11-27-12-8-20)15-5-9-22(10-6-15)13-14-3-2-4-16(21)17(14)24/h2-4,15,18,24H,5-13H2,1H3. The van der Waals surface area contributed by atoms with Crippen LogP contribution in [-0.4, -0.2) is 71.9 Å². The lowest BCUT2D eigenvalue weighted by Crippen LogP contribution is -2.78. The number of piperidine rings is 1. The number of β-lactam (4-membered cyclic amide) rings is 1. The molecule has 3 aliphatic rings. The lowest BCUT2D eigenvalue weighted by Gasteiger charge is -2.61. The Bertz CT molecular complexity index is 699. The monoisotopic (exact) mass is 378 g/mol. The van der Waals surface area contributed by atoms with Crippen molar-refractivity contribution in [1.82, 2.24) is 9.80 Å². The van der Waals surface area contributed by atoms with Gasteiger partial charge in [0.15, 0.2) is 17.7 Å². The molecule has 6 nitrogen and oxygen atoms in total. The second kappa shape index (κ2) is 7.37. The summed E-state index contributed by atoms with van der Waals surface area (Å²) < 4.78 is 24.6. The highest BCUT2D eigenvalue weighted by Crippen LogP contribution is 2.45. The highest BCUT2D eigenvalue weighted by atomic mass is 19.1. The number of nitrogens with zero attached hydrogens (tertiary/aromatic N) is 2. The highest BCUT2D eigenvalue weighted by Gasteiger charge is 2.62. The third kappa shape index (κ3) is 3.11. The van der Waals surface area contributed by atoms with Crippen LogP contribution in [0.3, 0.4) is 0 Å². The van der Waals surface area contributed by atoms with E-state index in [0.717, 1.165) is 38.8 Å². The van der Waals surface area contributed by atoms with Gasteiger partial charge in [-0.15, -0.1) is 0 Å². The lowest BCUT2D eigenvalue weighted by molar-refractivity contribution is -0.214. The number of para-hydroxylation sites is 1. The first kappa shape index (κ1) is 18.7. The van der Waals surface area contributed by atoms with Crippen LogP contribution in [0.1, 0.15) is 31.2 Å². The van der Waals surface area contributed by atoms with Crippen LogP contribution in [0.25, 0.3) is 0 Å². The average molecular weight is 378 g/mol. The number of rotatable bonds is 4.